The number of carbonyl (C=O) groups is 1. The first-order valence-electron chi connectivity index (χ1n) is 8.69. The van der Waals surface area contributed by atoms with Gasteiger partial charge >= 0.3 is 0 Å². The topological polar surface area (TPSA) is 58.8 Å². The predicted molar refractivity (Wildman–Crippen MR) is 94.4 cm³/mol. The zero-order valence-electron chi connectivity index (χ0n) is 14.9. The van der Waals surface area contributed by atoms with Crippen LogP contribution in [0.5, 0.6) is 5.75 Å². The Morgan fingerprint density at radius 2 is 2.04 bits per heavy atom. The fraction of sp³-hybridized carbons (Fsp3) is 0.474. The van der Waals surface area contributed by atoms with Crippen molar-refractivity contribution in [1.29, 1.82) is 0 Å². The standard InChI is InChI=1S/C19H25N3O3/c1-15-12-17(20-25-15)14-21-8-10-22(11-9-21)19(23)7-6-16-4-3-5-18(13-16)24-2/h3-5,12-13H,6-11,14H2,1-2H3. The molecule has 1 aromatic carbocycles. The highest BCUT2D eigenvalue weighted by atomic mass is 16.5. The number of carbonyl (C=O) groups excluding carboxylic acids is 1. The highest BCUT2D eigenvalue weighted by Crippen LogP contribution is 2.15. The Labute approximate surface area is 148 Å². The van der Waals surface area contributed by atoms with Gasteiger partial charge in [-0.15, -0.1) is 0 Å². The van der Waals surface area contributed by atoms with Crippen LogP contribution < -0.4 is 4.74 Å². The van der Waals surface area contributed by atoms with Gasteiger partial charge in [-0.3, -0.25) is 9.69 Å². The summed E-state index contributed by atoms with van der Waals surface area (Å²) in [6.07, 6.45) is 1.28. The molecule has 0 spiro atoms. The maximum atomic E-state index is 12.4. The Kier molecular flexibility index (Phi) is 5.71. The highest BCUT2D eigenvalue weighted by molar-refractivity contribution is 5.76. The van der Waals surface area contributed by atoms with Crippen molar-refractivity contribution in [2.24, 2.45) is 0 Å². The van der Waals surface area contributed by atoms with Crippen LogP contribution in [0.2, 0.25) is 0 Å². The molecule has 2 aromatic rings. The third kappa shape index (κ3) is 4.82. The number of aryl methyl sites for hydroxylation is 2. The molecule has 1 saturated heterocycles. The molecule has 0 radical (unpaired) electrons. The monoisotopic (exact) mass is 343 g/mol. The number of hydrogen-bond acceptors (Lipinski definition) is 5. The van der Waals surface area contributed by atoms with E-state index in [1.165, 1.54) is 0 Å². The van der Waals surface area contributed by atoms with E-state index in [1.54, 1.807) is 7.11 Å². The molecular formula is C19H25N3O3. The van der Waals surface area contributed by atoms with E-state index in [0.29, 0.717) is 6.42 Å². The summed E-state index contributed by atoms with van der Waals surface area (Å²) < 4.78 is 10.3. The van der Waals surface area contributed by atoms with Gasteiger partial charge in [0.15, 0.2) is 0 Å². The number of aromatic nitrogens is 1. The van der Waals surface area contributed by atoms with Crippen LogP contribution in [-0.2, 0) is 17.8 Å². The Bertz CT molecular complexity index is 705. The molecule has 134 valence electrons. The van der Waals surface area contributed by atoms with Gasteiger partial charge in [-0.2, -0.15) is 0 Å². The van der Waals surface area contributed by atoms with Gasteiger partial charge in [-0.1, -0.05) is 17.3 Å². The molecule has 25 heavy (non-hydrogen) atoms. The summed E-state index contributed by atoms with van der Waals surface area (Å²) in [5.74, 6) is 1.89. The largest absolute Gasteiger partial charge is 0.497 e. The minimum Gasteiger partial charge on any atom is -0.497 e. The Morgan fingerprint density at radius 1 is 1.24 bits per heavy atom. The van der Waals surface area contributed by atoms with E-state index in [4.69, 9.17) is 9.26 Å². The summed E-state index contributed by atoms with van der Waals surface area (Å²) in [7, 11) is 1.66. The number of rotatable bonds is 6. The first-order valence-corrected chi connectivity index (χ1v) is 8.69. The Morgan fingerprint density at radius 3 is 2.72 bits per heavy atom. The third-order valence-electron chi connectivity index (χ3n) is 4.55. The van der Waals surface area contributed by atoms with Gasteiger partial charge in [-0.25, -0.2) is 0 Å². The normalized spacial score (nSPS) is 15.4. The molecule has 0 atom stereocenters. The zero-order chi connectivity index (χ0) is 17.6. The van der Waals surface area contributed by atoms with Crippen molar-refractivity contribution in [3.8, 4) is 5.75 Å². The summed E-state index contributed by atoms with van der Waals surface area (Å²) in [6, 6.07) is 9.87. The number of hydrogen-bond donors (Lipinski definition) is 0. The van der Waals surface area contributed by atoms with Gasteiger partial charge in [0.1, 0.15) is 11.5 Å². The second kappa shape index (κ2) is 8.16. The third-order valence-corrected chi connectivity index (χ3v) is 4.55. The second-order valence-electron chi connectivity index (χ2n) is 6.44. The summed E-state index contributed by atoms with van der Waals surface area (Å²) in [6.45, 7) is 5.97. The molecule has 0 aliphatic carbocycles. The predicted octanol–water partition coefficient (Wildman–Crippen LogP) is 2.27. The molecule has 6 nitrogen and oxygen atoms in total. The van der Waals surface area contributed by atoms with Crippen LogP contribution in [-0.4, -0.2) is 54.2 Å². The molecule has 0 N–H and O–H groups in total. The van der Waals surface area contributed by atoms with E-state index < -0.39 is 0 Å². The lowest BCUT2D eigenvalue weighted by molar-refractivity contribution is -0.133. The van der Waals surface area contributed by atoms with Crippen LogP contribution in [0.15, 0.2) is 34.9 Å². The SMILES string of the molecule is COc1cccc(CCC(=O)N2CCN(Cc3cc(C)on3)CC2)c1. The van der Waals surface area contributed by atoms with Gasteiger partial charge in [0.2, 0.25) is 5.91 Å². The zero-order valence-corrected chi connectivity index (χ0v) is 14.9. The molecule has 0 bridgehead atoms. The Balaban J connectivity index is 1.43. The van der Waals surface area contributed by atoms with Crippen molar-refractivity contribution in [1.82, 2.24) is 15.0 Å². The van der Waals surface area contributed by atoms with Gasteiger partial charge in [-0.05, 0) is 31.0 Å². The van der Waals surface area contributed by atoms with Crippen LogP contribution in [0.3, 0.4) is 0 Å². The van der Waals surface area contributed by atoms with E-state index >= 15 is 0 Å². The molecule has 0 saturated carbocycles. The number of piperazine rings is 1. The van der Waals surface area contributed by atoms with Crippen LogP contribution >= 0.6 is 0 Å². The quantitative estimate of drug-likeness (QED) is 0.805. The van der Waals surface area contributed by atoms with Crippen molar-refractivity contribution in [2.75, 3.05) is 33.3 Å². The van der Waals surface area contributed by atoms with Crippen LogP contribution in [0, 0.1) is 6.92 Å². The molecule has 3 rings (SSSR count). The van der Waals surface area contributed by atoms with Crippen LogP contribution in [0.4, 0.5) is 0 Å². The van der Waals surface area contributed by atoms with Crippen molar-refractivity contribution in [3.05, 3.63) is 47.3 Å². The summed E-state index contributed by atoms with van der Waals surface area (Å²) >= 11 is 0. The lowest BCUT2D eigenvalue weighted by atomic mass is 10.1. The summed E-state index contributed by atoms with van der Waals surface area (Å²) in [4.78, 5) is 16.7. The van der Waals surface area contributed by atoms with Crippen molar-refractivity contribution >= 4 is 5.91 Å². The lowest BCUT2D eigenvalue weighted by Crippen LogP contribution is -2.48. The number of nitrogens with zero attached hydrogens (tertiary/aromatic N) is 3. The molecule has 1 fully saturated rings. The maximum Gasteiger partial charge on any atom is 0.222 e. The highest BCUT2D eigenvalue weighted by Gasteiger charge is 2.21. The summed E-state index contributed by atoms with van der Waals surface area (Å²) in [5.41, 5.74) is 2.09. The van der Waals surface area contributed by atoms with Crippen molar-refractivity contribution < 1.29 is 14.1 Å². The van der Waals surface area contributed by atoms with Crippen LogP contribution in [0.1, 0.15) is 23.4 Å². The van der Waals surface area contributed by atoms with Crippen molar-refractivity contribution in [2.45, 2.75) is 26.3 Å². The Hall–Kier alpha value is -2.34. The average Bonchev–Trinajstić information content (AvgIpc) is 3.05. The molecule has 1 amide bonds. The first-order chi connectivity index (χ1) is 12.1. The lowest BCUT2D eigenvalue weighted by Gasteiger charge is -2.34. The number of ether oxygens (including phenoxy) is 1. The molecule has 1 aromatic heterocycles. The van der Waals surface area contributed by atoms with Gasteiger partial charge in [0, 0.05) is 45.2 Å². The van der Waals surface area contributed by atoms with Crippen LogP contribution in [0.25, 0.3) is 0 Å². The van der Waals surface area contributed by atoms with E-state index in [0.717, 1.165) is 61.9 Å². The fourth-order valence-corrected chi connectivity index (χ4v) is 3.11. The molecule has 1 aliphatic rings. The maximum absolute atomic E-state index is 12.4. The smallest absolute Gasteiger partial charge is 0.222 e. The number of methoxy groups -OCH3 is 1. The molecule has 6 heteroatoms. The van der Waals surface area contributed by atoms with E-state index in [9.17, 15) is 4.79 Å². The molecular weight excluding hydrogens is 318 g/mol. The minimum absolute atomic E-state index is 0.222. The summed E-state index contributed by atoms with van der Waals surface area (Å²) in [5, 5.41) is 4.03. The molecule has 0 unspecified atom stereocenters. The van der Waals surface area contributed by atoms with Gasteiger partial charge in [0.05, 0.1) is 12.8 Å². The minimum atomic E-state index is 0.222. The van der Waals surface area contributed by atoms with Gasteiger partial charge < -0.3 is 14.2 Å². The van der Waals surface area contributed by atoms with E-state index in [2.05, 4.69) is 10.1 Å². The average molecular weight is 343 g/mol. The second-order valence-corrected chi connectivity index (χ2v) is 6.44. The van der Waals surface area contributed by atoms with Crippen molar-refractivity contribution in [3.63, 3.8) is 0 Å². The van der Waals surface area contributed by atoms with Gasteiger partial charge in [0.25, 0.3) is 0 Å². The fourth-order valence-electron chi connectivity index (χ4n) is 3.11. The number of benzene rings is 1. The molecule has 1 aliphatic heterocycles. The van der Waals surface area contributed by atoms with E-state index in [-0.39, 0.29) is 5.91 Å². The van der Waals surface area contributed by atoms with E-state index in [1.807, 2.05) is 42.2 Å². The number of amides is 1. The first kappa shape index (κ1) is 17.5. The molecule has 2 heterocycles.